The third-order valence-corrected chi connectivity index (χ3v) is 10.7. The molecule has 0 unspecified atom stereocenters. The molecule has 0 atom stereocenters. The van der Waals surface area contributed by atoms with Gasteiger partial charge in [0.15, 0.2) is 0 Å². The van der Waals surface area contributed by atoms with E-state index >= 15 is 0 Å². The molecule has 1 aliphatic rings. The summed E-state index contributed by atoms with van der Waals surface area (Å²) in [6, 6.07) is 20.7. The zero-order chi connectivity index (χ0) is 43.5. The number of halogens is 2. The molecule has 0 aliphatic carbocycles. The lowest BCUT2D eigenvalue weighted by molar-refractivity contribution is -0.118. The Bertz CT molecular complexity index is 2400. The highest BCUT2D eigenvalue weighted by Gasteiger charge is 2.24. The number of pyridine rings is 2. The molecule has 1 fully saturated rings. The summed E-state index contributed by atoms with van der Waals surface area (Å²) in [7, 11) is 6.45. The SMILES string of the molecule is COc1cc(OC)c(Cl)c(-c2ccc(C(=O)Nc3ccc(CN(C)CC(N)=O)cn3)c3nccnc23)c1Cl.COc1ccc(CN2CCN(Cc3ccc(N)nc3)CC2)cc1. The van der Waals surface area contributed by atoms with Crippen LogP contribution in [0.25, 0.3) is 22.2 Å². The Balaban J connectivity index is 0.000000230. The van der Waals surface area contributed by atoms with Crippen molar-refractivity contribution < 1.29 is 23.8 Å². The monoisotopic (exact) mass is 866 g/mol. The number of aromatic nitrogens is 4. The lowest BCUT2D eigenvalue weighted by Gasteiger charge is -2.34. The van der Waals surface area contributed by atoms with Crippen LogP contribution < -0.4 is 31.0 Å². The minimum atomic E-state index is -0.423. The Kier molecular flexibility index (Phi) is 15.2. The summed E-state index contributed by atoms with van der Waals surface area (Å²) in [5, 5.41) is 3.33. The summed E-state index contributed by atoms with van der Waals surface area (Å²) in [4.78, 5) is 48.4. The molecule has 0 radical (unpaired) electrons. The normalized spacial score (nSPS) is 13.0. The van der Waals surface area contributed by atoms with Crippen molar-refractivity contribution in [1.82, 2.24) is 34.6 Å². The van der Waals surface area contributed by atoms with Gasteiger partial charge in [0.05, 0.1) is 49.0 Å². The first-order chi connectivity index (χ1) is 29.5. The van der Waals surface area contributed by atoms with Crippen LogP contribution in [0.4, 0.5) is 11.6 Å². The second-order valence-electron chi connectivity index (χ2n) is 14.3. The molecule has 7 rings (SSSR count). The van der Waals surface area contributed by atoms with E-state index in [4.69, 9.17) is 48.9 Å². The van der Waals surface area contributed by atoms with E-state index < -0.39 is 11.8 Å². The molecular formula is C44H48Cl2N10O5. The van der Waals surface area contributed by atoms with Crippen molar-refractivity contribution in [2.75, 3.05) is 72.2 Å². The van der Waals surface area contributed by atoms with Crippen LogP contribution in [-0.2, 0) is 24.4 Å². The minimum Gasteiger partial charge on any atom is -0.497 e. The zero-order valence-electron chi connectivity index (χ0n) is 34.4. The fraction of sp³-hybridized carbons (Fsp3) is 0.273. The molecule has 318 valence electrons. The number of anilines is 2. The number of hydrogen-bond acceptors (Lipinski definition) is 13. The number of fused-ring (bicyclic) bond motifs is 1. The first kappa shape index (κ1) is 44.5. The van der Waals surface area contributed by atoms with Crippen LogP contribution in [0.3, 0.4) is 0 Å². The molecule has 3 aromatic heterocycles. The Labute approximate surface area is 364 Å². The molecule has 0 spiro atoms. The van der Waals surface area contributed by atoms with E-state index in [2.05, 4.69) is 53.3 Å². The highest BCUT2D eigenvalue weighted by Crippen LogP contribution is 2.47. The van der Waals surface area contributed by atoms with Crippen LogP contribution in [0, 0.1) is 0 Å². The van der Waals surface area contributed by atoms with E-state index in [1.807, 2.05) is 24.4 Å². The fourth-order valence-electron chi connectivity index (χ4n) is 6.86. The smallest absolute Gasteiger partial charge is 0.259 e. The van der Waals surface area contributed by atoms with Gasteiger partial charge in [0.25, 0.3) is 5.91 Å². The lowest BCUT2D eigenvalue weighted by Crippen LogP contribution is -2.45. The van der Waals surface area contributed by atoms with E-state index in [9.17, 15) is 9.59 Å². The molecule has 2 amide bonds. The van der Waals surface area contributed by atoms with Gasteiger partial charge in [-0.1, -0.05) is 53.5 Å². The predicted octanol–water partition coefficient (Wildman–Crippen LogP) is 6.18. The summed E-state index contributed by atoms with van der Waals surface area (Å²) < 4.78 is 16.0. The number of nitrogens with zero attached hydrogens (tertiary/aromatic N) is 7. The highest BCUT2D eigenvalue weighted by atomic mass is 35.5. The molecule has 0 bridgehead atoms. The highest BCUT2D eigenvalue weighted by molar-refractivity contribution is 6.41. The van der Waals surface area contributed by atoms with Crippen LogP contribution in [0.2, 0.25) is 10.0 Å². The van der Waals surface area contributed by atoms with E-state index in [0.29, 0.717) is 51.8 Å². The van der Waals surface area contributed by atoms with Crippen molar-refractivity contribution in [3.63, 3.8) is 0 Å². The fourth-order valence-corrected chi connectivity index (χ4v) is 7.56. The molecule has 61 heavy (non-hydrogen) atoms. The Hall–Kier alpha value is -6.10. The number of amides is 2. The molecule has 17 heteroatoms. The predicted molar refractivity (Wildman–Crippen MR) is 238 cm³/mol. The van der Waals surface area contributed by atoms with Crippen molar-refractivity contribution in [3.05, 3.63) is 124 Å². The quantitative estimate of drug-likeness (QED) is 0.113. The van der Waals surface area contributed by atoms with Gasteiger partial charge in [-0.05, 0) is 54.1 Å². The number of carbonyl (C=O) groups excluding carboxylic acids is 2. The summed E-state index contributed by atoms with van der Waals surface area (Å²) in [6.07, 6.45) is 6.50. The number of primary amides is 1. The number of nitrogen functional groups attached to an aromatic ring is 1. The number of ether oxygens (including phenoxy) is 3. The molecule has 15 nitrogen and oxygen atoms in total. The van der Waals surface area contributed by atoms with Crippen molar-refractivity contribution >= 4 is 57.7 Å². The van der Waals surface area contributed by atoms with E-state index in [1.54, 1.807) is 55.6 Å². The maximum Gasteiger partial charge on any atom is 0.259 e. The molecule has 1 aliphatic heterocycles. The molecule has 6 aromatic rings. The van der Waals surface area contributed by atoms with E-state index in [-0.39, 0.29) is 22.2 Å². The Morgan fingerprint density at radius 1 is 0.738 bits per heavy atom. The van der Waals surface area contributed by atoms with Crippen LogP contribution in [-0.4, -0.2) is 108 Å². The number of nitrogens with one attached hydrogen (secondary N) is 1. The topological polar surface area (TPSA) is 187 Å². The third kappa shape index (κ3) is 11.6. The molecule has 3 aromatic carbocycles. The van der Waals surface area contributed by atoms with Crippen molar-refractivity contribution in [2.24, 2.45) is 5.73 Å². The number of rotatable bonds is 14. The number of hydrogen-bond donors (Lipinski definition) is 3. The number of likely N-dealkylation sites (N-methyl/N-ethyl adjacent to an activating group) is 1. The second-order valence-corrected chi connectivity index (χ2v) is 15.1. The van der Waals surface area contributed by atoms with E-state index in [0.717, 1.165) is 50.6 Å². The van der Waals surface area contributed by atoms with Gasteiger partial charge in [-0.15, -0.1) is 0 Å². The van der Waals surface area contributed by atoms with Crippen LogP contribution in [0.5, 0.6) is 17.2 Å². The second kappa shape index (κ2) is 20.9. The van der Waals surface area contributed by atoms with Gasteiger partial charge in [-0.2, -0.15) is 0 Å². The van der Waals surface area contributed by atoms with Gasteiger partial charge < -0.3 is 31.0 Å². The number of benzene rings is 3. The zero-order valence-corrected chi connectivity index (χ0v) is 35.9. The van der Waals surface area contributed by atoms with Crippen LogP contribution >= 0.6 is 23.2 Å². The molecule has 1 saturated heterocycles. The van der Waals surface area contributed by atoms with Crippen LogP contribution in [0.15, 0.2) is 91.5 Å². The number of nitrogens with two attached hydrogens (primary N) is 2. The summed E-state index contributed by atoms with van der Waals surface area (Å²) in [5.74, 6) is 1.75. The minimum absolute atomic E-state index is 0.127. The van der Waals surface area contributed by atoms with Gasteiger partial charge in [0, 0.05) is 87.8 Å². The largest absolute Gasteiger partial charge is 0.497 e. The summed E-state index contributed by atoms with van der Waals surface area (Å²) >= 11 is 13.3. The first-order valence-electron chi connectivity index (χ1n) is 19.3. The van der Waals surface area contributed by atoms with Crippen molar-refractivity contribution in [3.8, 4) is 28.4 Å². The molecule has 0 saturated carbocycles. The maximum absolute atomic E-state index is 13.2. The number of piperazine rings is 1. The number of methoxy groups -OCH3 is 3. The maximum atomic E-state index is 13.2. The Morgan fingerprint density at radius 2 is 1.33 bits per heavy atom. The van der Waals surface area contributed by atoms with Crippen LogP contribution in [0.1, 0.15) is 27.0 Å². The van der Waals surface area contributed by atoms with Gasteiger partial charge >= 0.3 is 0 Å². The van der Waals surface area contributed by atoms with Gasteiger partial charge in [-0.25, -0.2) is 9.97 Å². The standard InChI is InChI=1S/C26H24Cl2N6O4.C18H24N4O/c1-34(13-19(29)35)12-14-4-7-20(32-11-14)33-26(36)16-6-5-15(24-25(16)31-9-8-30-24)21-22(27)17(37-2)10-18(38-3)23(21)28;1-23-17-5-2-15(3-6-17)13-21-8-10-22(11-9-21)14-16-4-7-18(19)20-12-16/h4-11H,12-13H2,1-3H3,(H2,29,35)(H,32,33,36);2-7,12H,8-11,13-14H2,1H3,(H2,19,20). The lowest BCUT2D eigenvalue weighted by atomic mass is 9.99. The van der Waals surface area contributed by atoms with Gasteiger partial charge in [0.1, 0.15) is 34.4 Å². The molecule has 5 N–H and O–H groups in total. The third-order valence-electron chi connectivity index (χ3n) is 9.94. The molecular weight excluding hydrogens is 819 g/mol. The van der Waals surface area contributed by atoms with Gasteiger partial charge in [0.2, 0.25) is 5.91 Å². The van der Waals surface area contributed by atoms with Gasteiger partial charge in [-0.3, -0.25) is 34.3 Å². The summed E-state index contributed by atoms with van der Waals surface area (Å²) in [5.41, 5.74) is 16.3. The first-order valence-corrected chi connectivity index (χ1v) is 20.1. The average molecular weight is 868 g/mol. The summed E-state index contributed by atoms with van der Waals surface area (Å²) in [6.45, 7) is 6.91. The van der Waals surface area contributed by atoms with E-state index in [1.165, 1.54) is 37.7 Å². The van der Waals surface area contributed by atoms with Crippen molar-refractivity contribution in [2.45, 2.75) is 19.6 Å². The Morgan fingerprint density at radius 3 is 1.89 bits per heavy atom. The molecule has 4 heterocycles. The number of carbonyl (C=O) groups is 2. The van der Waals surface area contributed by atoms with Crippen molar-refractivity contribution in [1.29, 1.82) is 0 Å². The average Bonchev–Trinajstić information content (AvgIpc) is 3.26.